The predicted octanol–water partition coefficient (Wildman–Crippen LogP) is 1.62. The van der Waals surface area contributed by atoms with Crippen LogP contribution in [0, 0.1) is 11.3 Å². The van der Waals surface area contributed by atoms with Crippen LogP contribution in [0.1, 0.15) is 18.2 Å². The van der Waals surface area contributed by atoms with Gasteiger partial charge in [0.1, 0.15) is 11.8 Å². The van der Waals surface area contributed by atoms with Gasteiger partial charge in [-0.15, -0.1) is 6.58 Å². The molecule has 1 rings (SSSR count). The van der Waals surface area contributed by atoms with Gasteiger partial charge in [0.15, 0.2) is 0 Å². The summed E-state index contributed by atoms with van der Waals surface area (Å²) in [5.74, 6) is 0. The summed E-state index contributed by atoms with van der Waals surface area (Å²) in [7, 11) is 0. The second-order valence-corrected chi connectivity index (χ2v) is 3.07. The zero-order valence-electron chi connectivity index (χ0n) is 8.20. The summed E-state index contributed by atoms with van der Waals surface area (Å²) in [5, 5.41) is 11.9. The van der Waals surface area contributed by atoms with Gasteiger partial charge in [0, 0.05) is 18.8 Å². The van der Waals surface area contributed by atoms with Crippen molar-refractivity contribution in [2.75, 3.05) is 0 Å². The molecule has 0 fully saturated rings. The smallest absolute Gasteiger partial charge is 0.140 e. The average molecular weight is 187 g/mol. The Hall–Kier alpha value is -1.66. The van der Waals surface area contributed by atoms with Crippen LogP contribution in [0.25, 0.3) is 0 Å². The van der Waals surface area contributed by atoms with Crippen LogP contribution in [0.15, 0.2) is 31.0 Å². The molecule has 3 nitrogen and oxygen atoms in total. The van der Waals surface area contributed by atoms with Gasteiger partial charge in [-0.25, -0.2) is 4.98 Å². The quantitative estimate of drug-likeness (QED) is 0.728. The Labute approximate surface area is 84.1 Å². The van der Waals surface area contributed by atoms with Crippen LogP contribution >= 0.6 is 0 Å². The normalized spacial score (nSPS) is 11.7. The number of nitrogens with one attached hydrogen (secondary N) is 1. The average Bonchev–Trinajstić information content (AvgIpc) is 2.26. The molecule has 0 radical (unpaired) electrons. The molecule has 1 unspecified atom stereocenters. The lowest BCUT2D eigenvalue weighted by molar-refractivity contribution is 0.633. The van der Waals surface area contributed by atoms with Crippen LogP contribution in [0.3, 0.4) is 0 Å². The van der Waals surface area contributed by atoms with Gasteiger partial charge in [0.05, 0.1) is 0 Å². The number of rotatable bonds is 4. The summed E-state index contributed by atoms with van der Waals surface area (Å²) >= 11 is 0. The number of aromatic nitrogens is 1. The lowest BCUT2D eigenvalue weighted by atomic mass is 10.2. The van der Waals surface area contributed by atoms with E-state index in [1.807, 2.05) is 25.1 Å². The summed E-state index contributed by atoms with van der Waals surface area (Å²) in [6.45, 7) is 6.43. The molecule has 0 aliphatic carbocycles. The first-order valence-corrected chi connectivity index (χ1v) is 4.47. The van der Waals surface area contributed by atoms with E-state index in [9.17, 15) is 0 Å². The highest BCUT2D eigenvalue weighted by Gasteiger charge is 1.98. The topological polar surface area (TPSA) is 48.7 Å². The van der Waals surface area contributed by atoms with E-state index in [4.69, 9.17) is 5.26 Å². The summed E-state index contributed by atoms with van der Waals surface area (Å²) in [5.41, 5.74) is 1.51. The molecule has 0 aromatic carbocycles. The molecule has 0 spiro atoms. The summed E-state index contributed by atoms with van der Waals surface area (Å²) in [6.07, 6.45) is 3.49. The molecular weight excluding hydrogens is 174 g/mol. The van der Waals surface area contributed by atoms with Crippen molar-refractivity contribution in [1.29, 1.82) is 5.26 Å². The minimum Gasteiger partial charge on any atom is -0.307 e. The molecule has 0 bridgehead atoms. The lowest BCUT2D eigenvalue weighted by Crippen LogP contribution is -2.22. The maximum absolute atomic E-state index is 8.64. The Morgan fingerprint density at radius 1 is 1.79 bits per heavy atom. The van der Waals surface area contributed by atoms with Gasteiger partial charge in [-0.1, -0.05) is 6.08 Å². The van der Waals surface area contributed by atoms with E-state index >= 15 is 0 Å². The van der Waals surface area contributed by atoms with E-state index in [1.165, 1.54) is 0 Å². The standard InChI is InChI=1S/C11H13N3/c1-3-9(2)14-8-10-4-5-13-11(6-10)7-12/h3-6,9,14H,1,8H2,2H3. The molecule has 72 valence electrons. The number of nitriles is 1. The van der Waals surface area contributed by atoms with Crippen molar-refractivity contribution in [3.63, 3.8) is 0 Å². The third-order valence-corrected chi connectivity index (χ3v) is 1.92. The van der Waals surface area contributed by atoms with Crippen LogP contribution in [0.5, 0.6) is 0 Å². The number of nitrogens with zero attached hydrogens (tertiary/aromatic N) is 2. The van der Waals surface area contributed by atoms with Crippen molar-refractivity contribution in [2.24, 2.45) is 0 Å². The van der Waals surface area contributed by atoms with Crippen molar-refractivity contribution in [3.8, 4) is 6.07 Å². The molecule has 1 aromatic rings. The van der Waals surface area contributed by atoms with E-state index in [0.717, 1.165) is 12.1 Å². The molecule has 3 heteroatoms. The number of hydrogen-bond acceptors (Lipinski definition) is 3. The van der Waals surface area contributed by atoms with Gasteiger partial charge in [-0.3, -0.25) is 0 Å². The molecule has 1 N–H and O–H groups in total. The van der Waals surface area contributed by atoms with Crippen LogP contribution in [-0.2, 0) is 6.54 Å². The Balaban J connectivity index is 2.59. The van der Waals surface area contributed by atoms with E-state index < -0.39 is 0 Å². The maximum atomic E-state index is 8.64. The first-order chi connectivity index (χ1) is 6.76. The monoisotopic (exact) mass is 187 g/mol. The molecule has 0 saturated carbocycles. The molecule has 0 aliphatic rings. The van der Waals surface area contributed by atoms with Gasteiger partial charge in [-0.2, -0.15) is 5.26 Å². The Morgan fingerprint density at radius 2 is 2.57 bits per heavy atom. The fourth-order valence-electron chi connectivity index (χ4n) is 1.01. The van der Waals surface area contributed by atoms with Crippen molar-refractivity contribution >= 4 is 0 Å². The first-order valence-electron chi connectivity index (χ1n) is 4.47. The molecule has 1 atom stereocenters. The molecule has 0 amide bonds. The maximum Gasteiger partial charge on any atom is 0.140 e. The van der Waals surface area contributed by atoms with Gasteiger partial charge >= 0.3 is 0 Å². The fourth-order valence-corrected chi connectivity index (χ4v) is 1.01. The number of hydrogen-bond donors (Lipinski definition) is 1. The first kappa shape index (κ1) is 10.4. The molecule has 14 heavy (non-hydrogen) atoms. The number of pyridine rings is 1. The Kier molecular flexibility index (Phi) is 3.84. The third kappa shape index (κ3) is 3.00. The minimum absolute atomic E-state index is 0.272. The van der Waals surface area contributed by atoms with Crippen LogP contribution in [0.2, 0.25) is 0 Å². The fraction of sp³-hybridized carbons (Fsp3) is 0.273. The summed E-state index contributed by atoms with van der Waals surface area (Å²) in [6, 6.07) is 5.95. The van der Waals surface area contributed by atoms with Gasteiger partial charge in [-0.05, 0) is 24.6 Å². The zero-order chi connectivity index (χ0) is 10.4. The molecule has 1 heterocycles. The molecule has 0 aliphatic heterocycles. The molecule has 0 saturated heterocycles. The second kappa shape index (κ2) is 5.15. The SMILES string of the molecule is C=CC(C)NCc1ccnc(C#N)c1. The van der Waals surface area contributed by atoms with Crippen molar-refractivity contribution < 1.29 is 0 Å². The highest BCUT2D eigenvalue weighted by Crippen LogP contribution is 2.00. The molecular formula is C11H13N3. The Bertz CT molecular complexity index is 352. The largest absolute Gasteiger partial charge is 0.307 e. The Morgan fingerprint density at radius 3 is 3.21 bits per heavy atom. The van der Waals surface area contributed by atoms with E-state index in [2.05, 4.69) is 16.9 Å². The van der Waals surface area contributed by atoms with Gasteiger partial charge in [0.2, 0.25) is 0 Å². The summed E-state index contributed by atoms with van der Waals surface area (Å²) < 4.78 is 0. The predicted molar refractivity (Wildman–Crippen MR) is 55.5 cm³/mol. The minimum atomic E-state index is 0.272. The van der Waals surface area contributed by atoms with Crippen molar-refractivity contribution in [1.82, 2.24) is 10.3 Å². The van der Waals surface area contributed by atoms with Gasteiger partial charge < -0.3 is 5.32 Å². The second-order valence-electron chi connectivity index (χ2n) is 3.07. The van der Waals surface area contributed by atoms with Crippen molar-refractivity contribution in [3.05, 3.63) is 42.2 Å². The summed E-state index contributed by atoms with van der Waals surface area (Å²) in [4.78, 5) is 3.90. The van der Waals surface area contributed by atoms with Crippen LogP contribution < -0.4 is 5.32 Å². The van der Waals surface area contributed by atoms with E-state index in [0.29, 0.717) is 5.69 Å². The van der Waals surface area contributed by atoms with E-state index in [1.54, 1.807) is 12.3 Å². The van der Waals surface area contributed by atoms with Gasteiger partial charge in [0.25, 0.3) is 0 Å². The van der Waals surface area contributed by atoms with Crippen LogP contribution in [-0.4, -0.2) is 11.0 Å². The zero-order valence-corrected chi connectivity index (χ0v) is 8.20. The lowest BCUT2D eigenvalue weighted by Gasteiger charge is -2.08. The molecule has 1 aromatic heterocycles. The highest BCUT2D eigenvalue weighted by molar-refractivity contribution is 5.25. The van der Waals surface area contributed by atoms with Crippen LogP contribution in [0.4, 0.5) is 0 Å². The third-order valence-electron chi connectivity index (χ3n) is 1.92. The highest BCUT2D eigenvalue weighted by atomic mass is 14.9. The van der Waals surface area contributed by atoms with Crippen molar-refractivity contribution in [2.45, 2.75) is 19.5 Å². The van der Waals surface area contributed by atoms with E-state index in [-0.39, 0.29) is 6.04 Å².